The van der Waals surface area contributed by atoms with Crippen molar-refractivity contribution in [2.75, 3.05) is 0 Å². The van der Waals surface area contributed by atoms with E-state index < -0.39 is 17.6 Å². The number of alkyl halides is 3. The molecule has 0 unspecified atom stereocenters. The first kappa shape index (κ1) is 23.4. The molecule has 4 nitrogen and oxygen atoms in total. The van der Waals surface area contributed by atoms with E-state index in [0.29, 0.717) is 5.56 Å². The summed E-state index contributed by atoms with van der Waals surface area (Å²) >= 11 is 0. The molecule has 0 spiro atoms. The molecule has 0 bridgehead atoms. The van der Waals surface area contributed by atoms with Gasteiger partial charge in [0.1, 0.15) is 5.75 Å². The van der Waals surface area contributed by atoms with Gasteiger partial charge in [0.05, 0.1) is 11.8 Å². The van der Waals surface area contributed by atoms with Crippen LogP contribution in [0.5, 0.6) is 5.75 Å². The van der Waals surface area contributed by atoms with E-state index in [1.807, 2.05) is 47.6 Å². The Kier molecular flexibility index (Phi) is 6.35. The minimum atomic E-state index is -4.54. The number of hydrogen-bond acceptors (Lipinski definition) is 3. The van der Waals surface area contributed by atoms with E-state index in [-0.39, 0.29) is 22.1 Å². The topological polar surface area (TPSA) is 61.7 Å². The number of hydrogen-bond donors (Lipinski definition) is 2. The second kappa shape index (κ2) is 8.13. The van der Waals surface area contributed by atoms with Crippen molar-refractivity contribution in [1.29, 1.82) is 0 Å². The maximum atomic E-state index is 12.8. The number of rotatable bonds is 3. The van der Waals surface area contributed by atoms with Gasteiger partial charge >= 0.3 is 6.18 Å². The number of benzene rings is 2. The molecule has 2 N–H and O–H groups in total. The Morgan fingerprint density at radius 3 is 2.13 bits per heavy atom. The number of carbonyl (C=O) groups is 1. The van der Waals surface area contributed by atoms with Crippen LogP contribution >= 0.6 is 0 Å². The first-order valence-corrected chi connectivity index (χ1v) is 9.49. The Balaban J connectivity index is 2.33. The fraction of sp³-hybridized carbons (Fsp3) is 0.391. The van der Waals surface area contributed by atoms with Crippen LogP contribution in [0.3, 0.4) is 0 Å². The number of carbonyl (C=O) groups excluding carboxylic acids is 1. The summed E-state index contributed by atoms with van der Waals surface area (Å²) in [5.41, 5.74) is 2.77. The summed E-state index contributed by atoms with van der Waals surface area (Å²) in [7, 11) is 0. The van der Waals surface area contributed by atoms with Crippen molar-refractivity contribution < 1.29 is 23.1 Å². The van der Waals surface area contributed by atoms with Crippen molar-refractivity contribution in [3.63, 3.8) is 0 Å². The zero-order chi connectivity index (χ0) is 22.9. The van der Waals surface area contributed by atoms with Gasteiger partial charge in [-0.15, -0.1) is 0 Å². The molecular weight excluding hydrogens is 393 g/mol. The van der Waals surface area contributed by atoms with Crippen molar-refractivity contribution >= 4 is 12.1 Å². The highest BCUT2D eigenvalue weighted by atomic mass is 19.4. The summed E-state index contributed by atoms with van der Waals surface area (Å²) in [5.74, 6) is -0.729. The van der Waals surface area contributed by atoms with Gasteiger partial charge in [-0.3, -0.25) is 4.79 Å². The highest BCUT2D eigenvalue weighted by molar-refractivity contribution is 5.95. The number of phenols is 1. The van der Waals surface area contributed by atoms with E-state index in [1.165, 1.54) is 12.3 Å². The lowest BCUT2D eigenvalue weighted by Gasteiger charge is -2.26. The van der Waals surface area contributed by atoms with E-state index in [2.05, 4.69) is 10.5 Å². The molecule has 0 atom stereocenters. The summed E-state index contributed by atoms with van der Waals surface area (Å²) in [5, 5.41) is 14.5. The Bertz CT molecular complexity index is 966. The van der Waals surface area contributed by atoms with Crippen molar-refractivity contribution in [2.45, 2.75) is 58.5 Å². The lowest BCUT2D eigenvalue weighted by Crippen LogP contribution is -2.19. The number of phenolic OH excluding ortho intramolecular Hbond substituents is 1. The summed E-state index contributed by atoms with van der Waals surface area (Å²) in [6.45, 7) is 12.1. The van der Waals surface area contributed by atoms with E-state index in [1.54, 1.807) is 6.07 Å². The number of amides is 1. The minimum Gasteiger partial charge on any atom is -0.507 e. The van der Waals surface area contributed by atoms with Crippen LogP contribution in [0.1, 0.15) is 74.2 Å². The quantitative estimate of drug-likeness (QED) is 0.489. The third-order valence-electron chi connectivity index (χ3n) is 4.64. The van der Waals surface area contributed by atoms with Crippen molar-refractivity contribution in [3.05, 3.63) is 64.2 Å². The van der Waals surface area contributed by atoms with Gasteiger partial charge in [-0.25, -0.2) is 5.43 Å². The minimum absolute atomic E-state index is 0.0487. The van der Waals surface area contributed by atoms with Crippen LogP contribution < -0.4 is 5.43 Å². The number of halogens is 3. The second-order valence-electron chi connectivity index (χ2n) is 9.24. The van der Waals surface area contributed by atoms with Gasteiger partial charge in [0.15, 0.2) is 0 Å². The molecule has 0 saturated heterocycles. The van der Waals surface area contributed by atoms with Gasteiger partial charge < -0.3 is 5.11 Å². The molecule has 2 rings (SSSR count). The van der Waals surface area contributed by atoms with Crippen LogP contribution in [0.25, 0.3) is 0 Å². The predicted octanol–water partition coefficient (Wildman–Crippen LogP) is 5.77. The van der Waals surface area contributed by atoms with E-state index >= 15 is 0 Å². The highest BCUT2D eigenvalue weighted by Gasteiger charge is 2.31. The summed E-state index contributed by atoms with van der Waals surface area (Å²) in [4.78, 5) is 12.2. The molecule has 0 radical (unpaired) electrons. The summed E-state index contributed by atoms with van der Waals surface area (Å²) < 4.78 is 38.5. The van der Waals surface area contributed by atoms with Gasteiger partial charge in [0.2, 0.25) is 0 Å². The van der Waals surface area contributed by atoms with Gasteiger partial charge in [0, 0.05) is 16.7 Å². The Labute approximate surface area is 174 Å². The molecule has 0 saturated carbocycles. The van der Waals surface area contributed by atoms with Gasteiger partial charge in [-0.1, -0.05) is 53.7 Å². The van der Waals surface area contributed by atoms with Crippen molar-refractivity contribution in [3.8, 4) is 5.75 Å². The molecule has 0 aliphatic carbocycles. The summed E-state index contributed by atoms with van der Waals surface area (Å²) in [6, 6.07) is 7.83. The smallest absolute Gasteiger partial charge is 0.416 e. The first-order valence-electron chi connectivity index (χ1n) is 9.49. The van der Waals surface area contributed by atoms with Crippen LogP contribution in [0, 0.1) is 0 Å². The molecule has 2 aromatic carbocycles. The molecule has 7 heteroatoms. The SMILES string of the molecule is CC(C)(C)c1cc(/C=N/NC(=O)c2cccc(C(F)(F)F)c2)c(O)c(C(C)(C)C)c1. The summed E-state index contributed by atoms with van der Waals surface area (Å²) in [6.07, 6.45) is -3.24. The Morgan fingerprint density at radius 1 is 0.967 bits per heavy atom. The van der Waals surface area contributed by atoms with Gasteiger partial charge in [0.25, 0.3) is 5.91 Å². The maximum absolute atomic E-state index is 12.8. The highest BCUT2D eigenvalue weighted by Crippen LogP contribution is 2.37. The van der Waals surface area contributed by atoms with Crippen LogP contribution in [0.2, 0.25) is 0 Å². The molecule has 0 aromatic heterocycles. The van der Waals surface area contributed by atoms with E-state index in [0.717, 1.165) is 29.3 Å². The molecule has 30 heavy (non-hydrogen) atoms. The average molecular weight is 420 g/mol. The largest absolute Gasteiger partial charge is 0.507 e. The van der Waals surface area contributed by atoms with Crippen molar-refractivity contribution in [1.82, 2.24) is 5.43 Å². The fourth-order valence-electron chi connectivity index (χ4n) is 2.82. The second-order valence-corrected chi connectivity index (χ2v) is 9.24. The molecule has 0 fully saturated rings. The number of hydrazone groups is 1. The standard InChI is InChI=1S/C23H27F3N2O2/c1-21(2,3)17-11-15(19(29)18(12-17)22(4,5)6)13-27-28-20(30)14-8-7-9-16(10-14)23(24,25)26/h7-13,29H,1-6H3,(H,28,30)/b27-13+. The number of aromatic hydroxyl groups is 1. The van der Waals surface area contributed by atoms with Gasteiger partial charge in [-0.2, -0.15) is 18.3 Å². The van der Waals surface area contributed by atoms with Crippen molar-refractivity contribution in [2.24, 2.45) is 5.10 Å². The zero-order valence-electron chi connectivity index (χ0n) is 18.0. The van der Waals surface area contributed by atoms with E-state index in [9.17, 15) is 23.1 Å². The Hall–Kier alpha value is -2.83. The lowest BCUT2D eigenvalue weighted by atomic mass is 9.79. The van der Waals surface area contributed by atoms with Crippen LogP contribution in [-0.2, 0) is 17.0 Å². The van der Waals surface area contributed by atoms with Crippen LogP contribution in [0.15, 0.2) is 41.5 Å². The molecule has 0 aliphatic rings. The fourth-order valence-corrected chi connectivity index (χ4v) is 2.82. The maximum Gasteiger partial charge on any atom is 0.416 e. The lowest BCUT2D eigenvalue weighted by molar-refractivity contribution is -0.137. The average Bonchev–Trinajstić information content (AvgIpc) is 2.60. The molecular formula is C23H27F3N2O2. The van der Waals surface area contributed by atoms with E-state index in [4.69, 9.17) is 0 Å². The zero-order valence-corrected chi connectivity index (χ0v) is 18.0. The molecule has 0 heterocycles. The van der Waals surface area contributed by atoms with Crippen LogP contribution in [0.4, 0.5) is 13.2 Å². The molecule has 162 valence electrons. The first-order chi connectivity index (χ1) is 13.6. The number of nitrogens with zero attached hydrogens (tertiary/aromatic N) is 1. The molecule has 0 aliphatic heterocycles. The predicted molar refractivity (Wildman–Crippen MR) is 112 cm³/mol. The Morgan fingerprint density at radius 2 is 1.60 bits per heavy atom. The normalized spacial score (nSPS) is 13.0. The molecule has 2 aromatic rings. The van der Waals surface area contributed by atoms with Crippen LogP contribution in [-0.4, -0.2) is 17.2 Å². The third kappa shape index (κ3) is 5.62. The van der Waals surface area contributed by atoms with Gasteiger partial charge in [-0.05, 0) is 40.7 Å². The third-order valence-corrected chi connectivity index (χ3v) is 4.64. The molecule has 1 amide bonds. The number of nitrogens with one attached hydrogen (secondary N) is 1. The monoisotopic (exact) mass is 420 g/mol.